The predicted molar refractivity (Wildman–Crippen MR) is 77.4 cm³/mol. The number of ether oxygens (including phenoxy) is 1. The number of carbonyl (C=O) groups excluding carboxylic acids is 1. The molecule has 1 amide bonds. The molecule has 0 bridgehead atoms. The van der Waals surface area contributed by atoms with E-state index in [1.807, 2.05) is 45.9 Å². The normalized spacial score (nSPS) is 19.1. The number of likely N-dealkylation sites (tertiary alicyclic amines) is 1. The van der Waals surface area contributed by atoms with Crippen LogP contribution >= 0.6 is 0 Å². The zero-order chi connectivity index (χ0) is 15.0. The van der Waals surface area contributed by atoms with Crippen molar-refractivity contribution in [3.05, 3.63) is 30.1 Å². The van der Waals surface area contributed by atoms with E-state index in [2.05, 4.69) is 4.98 Å². The van der Waals surface area contributed by atoms with Crippen molar-refractivity contribution >= 4 is 6.09 Å². The van der Waals surface area contributed by atoms with Gasteiger partial charge in [-0.3, -0.25) is 4.98 Å². The first-order valence-electron chi connectivity index (χ1n) is 6.90. The topological polar surface area (TPSA) is 68.5 Å². The van der Waals surface area contributed by atoms with Gasteiger partial charge in [0.25, 0.3) is 0 Å². The van der Waals surface area contributed by atoms with Gasteiger partial charge in [-0.05, 0) is 39.8 Å². The molecule has 2 heterocycles. The molecule has 2 rings (SSSR count). The van der Waals surface area contributed by atoms with Crippen LogP contribution in [0.1, 0.15) is 33.4 Å². The van der Waals surface area contributed by atoms with Gasteiger partial charge in [0.05, 0.1) is 11.1 Å². The zero-order valence-electron chi connectivity index (χ0n) is 12.6. The van der Waals surface area contributed by atoms with Crippen molar-refractivity contribution in [2.24, 2.45) is 5.73 Å². The number of nitrogens with two attached hydrogens (primary N) is 1. The van der Waals surface area contributed by atoms with Gasteiger partial charge >= 0.3 is 6.09 Å². The Morgan fingerprint density at radius 1 is 1.45 bits per heavy atom. The van der Waals surface area contributed by atoms with Gasteiger partial charge in [0, 0.05) is 25.3 Å². The molecule has 1 aromatic heterocycles. The predicted octanol–water partition coefficient (Wildman–Crippen LogP) is 1.92. The number of nitrogens with zero attached hydrogens (tertiary/aromatic N) is 2. The molecule has 110 valence electrons. The van der Waals surface area contributed by atoms with E-state index in [1.165, 1.54) is 0 Å². The summed E-state index contributed by atoms with van der Waals surface area (Å²) in [5, 5.41) is 0. The molecule has 1 unspecified atom stereocenters. The monoisotopic (exact) mass is 277 g/mol. The van der Waals surface area contributed by atoms with Crippen molar-refractivity contribution < 1.29 is 9.53 Å². The van der Waals surface area contributed by atoms with Crippen LogP contribution in [-0.4, -0.2) is 40.7 Å². The number of amides is 1. The van der Waals surface area contributed by atoms with E-state index < -0.39 is 5.60 Å². The van der Waals surface area contributed by atoms with Crippen LogP contribution in [0.25, 0.3) is 0 Å². The van der Waals surface area contributed by atoms with E-state index in [-0.39, 0.29) is 17.6 Å². The lowest BCUT2D eigenvalue weighted by molar-refractivity contribution is -0.0151. The van der Waals surface area contributed by atoms with Crippen LogP contribution in [0.2, 0.25) is 0 Å². The molecule has 1 aromatic rings. The maximum Gasteiger partial charge on any atom is 0.410 e. The first-order chi connectivity index (χ1) is 9.24. The molecule has 0 radical (unpaired) electrons. The van der Waals surface area contributed by atoms with E-state index in [9.17, 15) is 4.79 Å². The standard InChI is InChI=1S/C15H23N3O2/c1-11(16)15(12-7-5-6-8-17-12)9-18(10-15)13(19)20-14(2,3)4/h5-8,11H,9-10,16H2,1-4H3. The second-order valence-corrected chi connectivity index (χ2v) is 6.50. The molecule has 1 aliphatic heterocycles. The quantitative estimate of drug-likeness (QED) is 0.896. The third-order valence-corrected chi connectivity index (χ3v) is 3.64. The van der Waals surface area contributed by atoms with E-state index >= 15 is 0 Å². The Kier molecular flexibility index (Phi) is 3.73. The molecule has 0 spiro atoms. The highest BCUT2D eigenvalue weighted by atomic mass is 16.6. The third-order valence-electron chi connectivity index (χ3n) is 3.64. The minimum Gasteiger partial charge on any atom is -0.444 e. The Balaban J connectivity index is 2.09. The number of hydrogen-bond acceptors (Lipinski definition) is 4. The largest absolute Gasteiger partial charge is 0.444 e. The number of rotatable bonds is 2. The molecule has 1 saturated heterocycles. The highest BCUT2D eigenvalue weighted by molar-refractivity contribution is 5.70. The van der Waals surface area contributed by atoms with Crippen molar-refractivity contribution in [1.29, 1.82) is 0 Å². The zero-order valence-corrected chi connectivity index (χ0v) is 12.6. The second-order valence-electron chi connectivity index (χ2n) is 6.50. The molecule has 1 fully saturated rings. The Morgan fingerprint density at radius 3 is 2.55 bits per heavy atom. The molecule has 5 nitrogen and oxygen atoms in total. The summed E-state index contributed by atoms with van der Waals surface area (Å²) in [6.45, 7) is 8.65. The van der Waals surface area contributed by atoms with Crippen LogP contribution in [0.15, 0.2) is 24.4 Å². The number of pyridine rings is 1. The maximum absolute atomic E-state index is 12.0. The molecule has 1 atom stereocenters. The first-order valence-corrected chi connectivity index (χ1v) is 6.90. The molecule has 0 saturated carbocycles. The van der Waals surface area contributed by atoms with E-state index in [0.717, 1.165) is 5.69 Å². The van der Waals surface area contributed by atoms with Crippen LogP contribution in [0, 0.1) is 0 Å². The fourth-order valence-electron chi connectivity index (χ4n) is 2.43. The second kappa shape index (κ2) is 5.05. The highest BCUT2D eigenvalue weighted by Gasteiger charge is 2.51. The Morgan fingerprint density at radius 2 is 2.10 bits per heavy atom. The molecular formula is C15H23N3O2. The van der Waals surface area contributed by atoms with E-state index in [0.29, 0.717) is 13.1 Å². The van der Waals surface area contributed by atoms with Crippen molar-refractivity contribution in [1.82, 2.24) is 9.88 Å². The Hall–Kier alpha value is -1.62. The van der Waals surface area contributed by atoms with Gasteiger partial charge in [0.15, 0.2) is 0 Å². The van der Waals surface area contributed by atoms with Crippen LogP contribution in [0.3, 0.4) is 0 Å². The van der Waals surface area contributed by atoms with E-state index in [1.54, 1.807) is 11.1 Å². The summed E-state index contributed by atoms with van der Waals surface area (Å²) in [6.07, 6.45) is 1.47. The van der Waals surface area contributed by atoms with Crippen molar-refractivity contribution in [2.75, 3.05) is 13.1 Å². The van der Waals surface area contributed by atoms with E-state index in [4.69, 9.17) is 10.5 Å². The minimum absolute atomic E-state index is 0.0731. The van der Waals surface area contributed by atoms with Crippen LogP contribution in [0.5, 0.6) is 0 Å². The van der Waals surface area contributed by atoms with Crippen molar-refractivity contribution in [2.45, 2.75) is 44.8 Å². The summed E-state index contributed by atoms with van der Waals surface area (Å²) >= 11 is 0. The Bertz CT molecular complexity index is 474. The molecule has 2 N–H and O–H groups in total. The SMILES string of the molecule is CC(N)C1(c2ccccn2)CN(C(=O)OC(C)(C)C)C1. The fraction of sp³-hybridized carbons (Fsp3) is 0.600. The minimum atomic E-state index is -0.478. The summed E-state index contributed by atoms with van der Waals surface area (Å²) in [6, 6.07) is 5.72. The van der Waals surface area contributed by atoms with Gasteiger partial charge in [0.2, 0.25) is 0 Å². The van der Waals surface area contributed by atoms with Gasteiger partial charge in [-0.25, -0.2) is 4.79 Å². The van der Waals surface area contributed by atoms with Crippen molar-refractivity contribution in [3.63, 3.8) is 0 Å². The molecule has 5 heteroatoms. The summed E-state index contributed by atoms with van der Waals surface area (Å²) in [4.78, 5) is 18.1. The molecule has 0 aromatic carbocycles. The van der Waals surface area contributed by atoms with Gasteiger partial charge < -0.3 is 15.4 Å². The number of aromatic nitrogens is 1. The number of hydrogen-bond donors (Lipinski definition) is 1. The Labute approximate surface area is 120 Å². The van der Waals surface area contributed by atoms with Crippen molar-refractivity contribution in [3.8, 4) is 0 Å². The fourth-order valence-corrected chi connectivity index (χ4v) is 2.43. The van der Waals surface area contributed by atoms with Crippen LogP contribution < -0.4 is 5.73 Å². The van der Waals surface area contributed by atoms with Crippen LogP contribution in [-0.2, 0) is 10.2 Å². The van der Waals surface area contributed by atoms with Gasteiger partial charge in [-0.1, -0.05) is 6.07 Å². The molecule has 1 aliphatic rings. The molecule has 0 aliphatic carbocycles. The number of carbonyl (C=O) groups is 1. The summed E-state index contributed by atoms with van der Waals surface area (Å²) in [7, 11) is 0. The molecular weight excluding hydrogens is 254 g/mol. The third kappa shape index (κ3) is 2.77. The first kappa shape index (κ1) is 14.8. The average Bonchev–Trinajstić information content (AvgIpc) is 2.26. The lowest BCUT2D eigenvalue weighted by atomic mass is 9.71. The lowest BCUT2D eigenvalue weighted by Gasteiger charge is -2.51. The van der Waals surface area contributed by atoms with Gasteiger partial charge in [-0.15, -0.1) is 0 Å². The highest BCUT2D eigenvalue weighted by Crippen LogP contribution is 2.36. The summed E-state index contributed by atoms with van der Waals surface area (Å²) in [5.41, 5.74) is 6.33. The average molecular weight is 277 g/mol. The van der Waals surface area contributed by atoms with Gasteiger partial charge in [-0.2, -0.15) is 0 Å². The maximum atomic E-state index is 12.0. The molecule has 20 heavy (non-hydrogen) atoms. The van der Waals surface area contributed by atoms with Gasteiger partial charge in [0.1, 0.15) is 5.60 Å². The summed E-state index contributed by atoms with van der Waals surface area (Å²) in [5.74, 6) is 0. The smallest absolute Gasteiger partial charge is 0.410 e. The lowest BCUT2D eigenvalue weighted by Crippen LogP contribution is -2.68. The summed E-state index contributed by atoms with van der Waals surface area (Å²) < 4.78 is 5.38. The van der Waals surface area contributed by atoms with Crippen LogP contribution in [0.4, 0.5) is 4.79 Å².